The molecule has 25 heavy (non-hydrogen) atoms. The summed E-state index contributed by atoms with van der Waals surface area (Å²) >= 11 is 0. The summed E-state index contributed by atoms with van der Waals surface area (Å²) in [5, 5.41) is 0. The molecule has 0 radical (unpaired) electrons. The summed E-state index contributed by atoms with van der Waals surface area (Å²) in [6.45, 7) is 2.73. The van der Waals surface area contributed by atoms with Crippen molar-refractivity contribution in [2.45, 2.75) is 39.0 Å². The van der Waals surface area contributed by atoms with Gasteiger partial charge in [-0.15, -0.1) is 0 Å². The Bertz CT molecular complexity index is 609. The van der Waals surface area contributed by atoms with Crippen LogP contribution in [-0.2, 0) is 9.53 Å². The Balaban J connectivity index is 1.93. The van der Waals surface area contributed by atoms with Gasteiger partial charge in [0, 0.05) is 11.1 Å². The Morgan fingerprint density at radius 1 is 0.840 bits per heavy atom. The number of ether oxygens (including phenoxy) is 1. The molecule has 132 valence electrons. The molecule has 0 amide bonds. The number of benzene rings is 2. The lowest BCUT2D eigenvalue weighted by molar-refractivity contribution is -0.141. The van der Waals surface area contributed by atoms with Gasteiger partial charge >= 0.3 is 5.97 Å². The van der Waals surface area contributed by atoms with Gasteiger partial charge in [-0.05, 0) is 6.42 Å². The van der Waals surface area contributed by atoms with Gasteiger partial charge in [-0.1, -0.05) is 93.3 Å². The molecule has 0 spiro atoms. The second-order valence-electron chi connectivity index (χ2n) is 6.03. The molecule has 0 N–H and O–H groups in total. The van der Waals surface area contributed by atoms with Crippen molar-refractivity contribution < 1.29 is 9.53 Å². The first-order valence-electron chi connectivity index (χ1n) is 9.12. The van der Waals surface area contributed by atoms with E-state index < -0.39 is 0 Å². The van der Waals surface area contributed by atoms with E-state index in [9.17, 15) is 4.79 Å². The van der Waals surface area contributed by atoms with Gasteiger partial charge in [-0.3, -0.25) is 9.79 Å². The molecule has 0 aliphatic rings. The topological polar surface area (TPSA) is 38.7 Å². The highest BCUT2D eigenvalue weighted by Gasteiger charge is 2.08. The van der Waals surface area contributed by atoms with Crippen molar-refractivity contribution in [1.29, 1.82) is 0 Å². The fourth-order valence-corrected chi connectivity index (χ4v) is 2.62. The standard InChI is InChI=1S/C22H27NO2/c1-2-3-4-5-12-17-25-21(24)18-23-22(19-13-8-6-9-14-19)20-15-10-7-11-16-20/h6-11,13-16H,2-5,12,17-18H2,1H3. The first-order valence-corrected chi connectivity index (χ1v) is 9.12. The molecule has 0 aliphatic heterocycles. The lowest BCUT2D eigenvalue weighted by Gasteiger charge is -2.08. The summed E-state index contributed by atoms with van der Waals surface area (Å²) in [4.78, 5) is 16.5. The van der Waals surface area contributed by atoms with Gasteiger partial charge in [0.15, 0.2) is 0 Å². The van der Waals surface area contributed by atoms with Gasteiger partial charge in [0.05, 0.1) is 12.3 Å². The molecule has 3 heteroatoms. The molecule has 0 bridgehead atoms. The van der Waals surface area contributed by atoms with E-state index in [-0.39, 0.29) is 12.5 Å². The highest BCUT2D eigenvalue weighted by atomic mass is 16.5. The molecule has 2 aromatic carbocycles. The van der Waals surface area contributed by atoms with Gasteiger partial charge in [-0.2, -0.15) is 0 Å². The van der Waals surface area contributed by atoms with Crippen molar-refractivity contribution in [3.05, 3.63) is 71.8 Å². The molecule has 0 unspecified atom stereocenters. The number of carbonyl (C=O) groups excluding carboxylic acids is 1. The van der Waals surface area contributed by atoms with Crippen LogP contribution in [0.1, 0.15) is 50.2 Å². The Labute approximate surface area is 150 Å². The van der Waals surface area contributed by atoms with Crippen molar-refractivity contribution >= 4 is 11.7 Å². The maximum absolute atomic E-state index is 12.0. The fraction of sp³-hybridized carbons (Fsp3) is 0.364. The molecular formula is C22H27NO2. The van der Waals surface area contributed by atoms with Gasteiger partial charge < -0.3 is 4.74 Å². The summed E-state index contributed by atoms with van der Waals surface area (Å²) < 4.78 is 5.30. The van der Waals surface area contributed by atoms with Crippen LogP contribution in [-0.4, -0.2) is 24.8 Å². The van der Waals surface area contributed by atoms with Gasteiger partial charge in [0.2, 0.25) is 0 Å². The lowest BCUT2D eigenvalue weighted by atomic mass is 10.0. The predicted molar refractivity (Wildman–Crippen MR) is 103 cm³/mol. The molecule has 0 saturated carbocycles. The first kappa shape index (κ1) is 18.9. The summed E-state index contributed by atoms with van der Waals surface area (Å²) in [5.41, 5.74) is 2.82. The summed E-state index contributed by atoms with van der Waals surface area (Å²) in [6, 6.07) is 19.9. The number of hydrogen-bond donors (Lipinski definition) is 0. The van der Waals surface area contributed by atoms with E-state index in [0.29, 0.717) is 6.61 Å². The lowest BCUT2D eigenvalue weighted by Crippen LogP contribution is -2.12. The highest BCUT2D eigenvalue weighted by Crippen LogP contribution is 2.11. The van der Waals surface area contributed by atoms with E-state index in [2.05, 4.69) is 11.9 Å². The van der Waals surface area contributed by atoms with Crippen LogP contribution in [0.2, 0.25) is 0 Å². The first-order chi connectivity index (χ1) is 12.3. The minimum atomic E-state index is -0.264. The number of rotatable bonds is 10. The molecule has 0 aliphatic carbocycles. The minimum Gasteiger partial charge on any atom is -0.464 e. The second kappa shape index (κ2) is 11.2. The van der Waals surface area contributed by atoms with E-state index in [0.717, 1.165) is 29.7 Å². The van der Waals surface area contributed by atoms with E-state index in [4.69, 9.17) is 4.74 Å². The minimum absolute atomic E-state index is 0.0497. The van der Waals surface area contributed by atoms with Crippen molar-refractivity contribution in [1.82, 2.24) is 0 Å². The number of unbranched alkanes of at least 4 members (excludes halogenated alkanes) is 4. The van der Waals surface area contributed by atoms with Gasteiger partial charge in [-0.25, -0.2) is 0 Å². The zero-order chi connectivity index (χ0) is 17.7. The Kier molecular flexibility index (Phi) is 8.46. The van der Waals surface area contributed by atoms with E-state index in [1.165, 1.54) is 19.3 Å². The van der Waals surface area contributed by atoms with E-state index in [1.807, 2.05) is 60.7 Å². The van der Waals surface area contributed by atoms with Crippen molar-refractivity contribution in [2.75, 3.05) is 13.2 Å². The third-order valence-corrected chi connectivity index (χ3v) is 3.97. The fourth-order valence-electron chi connectivity index (χ4n) is 2.62. The normalized spacial score (nSPS) is 10.3. The van der Waals surface area contributed by atoms with E-state index in [1.54, 1.807) is 0 Å². The largest absolute Gasteiger partial charge is 0.464 e. The maximum atomic E-state index is 12.0. The molecule has 0 heterocycles. The van der Waals surface area contributed by atoms with Crippen LogP contribution in [0.5, 0.6) is 0 Å². The molecular weight excluding hydrogens is 310 g/mol. The summed E-state index contributed by atoms with van der Waals surface area (Å²) in [6.07, 6.45) is 5.72. The quantitative estimate of drug-likeness (QED) is 0.346. The Morgan fingerprint density at radius 2 is 1.40 bits per heavy atom. The van der Waals surface area contributed by atoms with Crippen LogP contribution in [0.4, 0.5) is 0 Å². The molecule has 2 rings (SSSR count). The Hall–Kier alpha value is -2.42. The summed E-state index contributed by atoms with van der Waals surface area (Å²) in [5.74, 6) is -0.264. The Morgan fingerprint density at radius 3 is 1.96 bits per heavy atom. The van der Waals surface area contributed by atoms with Crippen molar-refractivity contribution in [3.8, 4) is 0 Å². The molecule has 0 atom stereocenters. The van der Waals surface area contributed by atoms with Crippen LogP contribution in [0.25, 0.3) is 0 Å². The molecule has 0 fully saturated rings. The molecule has 2 aromatic rings. The van der Waals surface area contributed by atoms with Crippen LogP contribution < -0.4 is 0 Å². The zero-order valence-corrected chi connectivity index (χ0v) is 15.0. The van der Waals surface area contributed by atoms with Gasteiger partial charge in [0.25, 0.3) is 0 Å². The average Bonchev–Trinajstić information content (AvgIpc) is 2.66. The monoisotopic (exact) mass is 337 g/mol. The van der Waals surface area contributed by atoms with Crippen LogP contribution in [0.15, 0.2) is 65.7 Å². The third kappa shape index (κ3) is 6.92. The zero-order valence-electron chi connectivity index (χ0n) is 15.0. The highest BCUT2D eigenvalue weighted by molar-refractivity contribution is 6.13. The van der Waals surface area contributed by atoms with Crippen LogP contribution >= 0.6 is 0 Å². The number of aliphatic imine (C=N–C) groups is 1. The average molecular weight is 337 g/mol. The van der Waals surface area contributed by atoms with Crippen molar-refractivity contribution in [2.24, 2.45) is 4.99 Å². The number of esters is 1. The number of hydrogen-bond acceptors (Lipinski definition) is 3. The third-order valence-electron chi connectivity index (χ3n) is 3.97. The molecule has 0 aromatic heterocycles. The van der Waals surface area contributed by atoms with Crippen molar-refractivity contribution in [3.63, 3.8) is 0 Å². The summed E-state index contributed by atoms with van der Waals surface area (Å²) in [7, 11) is 0. The van der Waals surface area contributed by atoms with Gasteiger partial charge in [0.1, 0.15) is 6.54 Å². The maximum Gasteiger partial charge on any atom is 0.327 e. The van der Waals surface area contributed by atoms with Crippen LogP contribution in [0, 0.1) is 0 Å². The van der Waals surface area contributed by atoms with Crippen LogP contribution in [0.3, 0.4) is 0 Å². The SMILES string of the molecule is CCCCCCCOC(=O)CN=C(c1ccccc1)c1ccccc1. The predicted octanol–water partition coefficient (Wildman–Crippen LogP) is 5.04. The smallest absolute Gasteiger partial charge is 0.327 e. The number of carbonyl (C=O) groups is 1. The molecule has 3 nitrogen and oxygen atoms in total. The van der Waals surface area contributed by atoms with E-state index >= 15 is 0 Å². The molecule has 0 saturated heterocycles. The number of nitrogens with zero attached hydrogens (tertiary/aromatic N) is 1. The second-order valence-corrected chi connectivity index (χ2v) is 6.03.